The minimum absolute atomic E-state index is 0.100. The van der Waals surface area contributed by atoms with Crippen molar-refractivity contribution in [3.8, 4) is 11.5 Å². The van der Waals surface area contributed by atoms with Gasteiger partial charge in [0, 0.05) is 26.2 Å². The summed E-state index contributed by atoms with van der Waals surface area (Å²) >= 11 is 0. The molecule has 38 nitrogen and oxygen atoms in total. The number of nitrogens with one attached hydrogen (secondary N) is 13. The fourth-order valence-electron chi connectivity index (χ4n) is 11.3. The highest BCUT2D eigenvalue weighted by Crippen LogP contribution is 2.18. The van der Waals surface area contributed by atoms with E-state index in [1.807, 2.05) is 0 Å². The van der Waals surface area contributed by atoms with Gasteiger partial charge in [0.25, 0.3) is 0 Å². The third-order valence-electron chi connectivity index (χ3n) is 17.8. The first-order valence-electron chi connectivity index (χ1n) is 36.8. The average Bonchev–Trinajstić information content (AvgIpc) is 0.843. The van der Waals surface area contributed by atoms with Gasteiger partial charge in [0.1, 0.15) is 84.0 Å². The summed E-state index contributed by atoms with van der Waals surface area (Å²) in [4.78, 5) is 218. The van der Waals surface area contributed by atoms with E-state index in [9.17, 15) is 102 Å². The Morgan fingerprint density at radius 1 is 0.402 bits per heavy atom. The van der Waals surface area contributed by atoms with Crippen molar-refractivity contribution in [3.63, 3.8) is 0 Å². The van der Waals surface area contributed by atoms with Crippen molar-refractivity contribution in [2.75, 3.05) is 26.2 Å². The van der Waals surface area contributed by atoms with E-state index >= 15 is 0 Å². The molecule has 0 saturated carbocycles. The predicted octanol–water partition coefficient (Wildman–Crippen LogP) is -5.10. The maximum absolute atomic E-state index is 14.9. The third-order valence-corrected chi connectivity index (χ3v) is 17.8. The molecule has 14 atom stereocenters. The molecule has 112 heavy (non-hydrogen) atoms. The molecule has 0 saturated heterocycles. The Bertz CT molecular complexity index is 3670. The van der Waals surface area contributed by atoms with Gasteiger partial charge in [-0.2, -0.15) is 0 Å². The van der Waals surface area contributed by atoms with E-state index in [0.717, 1.165) is 13.8 Å². The van der Waals surface area contributed by atoms with Crippen LogP contribution in [0.25, 0.3) is 0 Å². The number of hydrogen-bond acceptors (Lipinski definition) is 22. The molecule has 15 amide bonds. The van der Waals surface area contributed by atoms with Crippen molar-refractivity contribution >= 4 is 94.6 Å². The quantitative estimate of drug-likeness (QED) is 0.0235. The van der Waals surface area contributed by atoms with Crippen molar-refractivity contribution in [1.29, 1.82) is 0 Å². The zero-order valence-electron chi connectivity index (χ0n) is 64.1. The fourth-order valence-corrected chi connectivity index (χ4v) is 11.3. The van der Waals surface area contributed by atoms with Crippen LogP contribution < -0.4 is 92.1 Å². The number of amides is 15. The molecule has 0 aliphatic rings. The van der Waals surface area contributed by atoms with Crippen molar-refractivity contribution in [1.82, 2.24) is 69.1 Å². The van der Waals surface area contributed by atoms with Gasteiger partial charge < -0.3 is 118 Å². The van der Waals surface area contributed by atoms with Crippen LogP contribution in [-0.4, -0.2) is 225 Å². The number of aliphatic hydroxyl groups excluding tert-OH is 2. The third kappa shape index (κ3) is 33.4. The van der Waals surface area contributed by atoms with Crippen molar-refractivity contribution in [2.24, 2.45) is 40.7 Å². The molecule has 0 spiro atoms. The lowest BCUT2D eigenvalue weighted by molar-refractivity contribution is -0.141. The Balaban J connectivity index is 1.93. The Kier molecular flexibility index (Phi) is 40.9. The molecule has 0 fully saturated rings. The van der Waals surface area contributed by atoms with Crippen LogP contribution in [0.3, 0.4) is 0 Å². The Hall–Kier alpha value is -11.4. The van der Waals surface area contributed by atoms with Gasteiger partial charge >= 0.3 is 5.97 Å². The number of carboxylic acid groups (broad SMARTS) is 1. The summed E-state index contributed by atoms with van der Waals surface area (Å²) in [6.07, 6.45) is -2.03. The van der Waals surface area contributed by atoms with Gasteiger partial charge in [0.05, 0.1) is 32.1 Å². The molecule has 618 valence electrons. The molecule has 0 aliphatic heterocycles. The highest BCUT2D eigenvalue weighted by molar-refractivity contribution is 6.01. The average molecular weight is 1570 g/mol. The number of rotatable bonds is 50. The summed E-state index contributed by atoms with van der Waals surface area (Å²) in [5.41, 5.74) is 23.5. The Morgan fingerprint density at radius 3 is 1.20 bits per heavy atom. The highest BCUT2D eigenvalue weighted by atomic mass is 16.4. The molecule has 3 rings (SSSR count). The number of primary amides is 2. The van der Waals surface area contributed by atoms with Gasteiger partial charge in [0.2, 0.25) is 88.6 Å². The molecule has 0 bridgehead atoms. The smallest absolute Gasteiger partial charge is 0.305 e. The number of carbonyl (C=O) groups is 16. The van der Waals surface area contributed by atoms with E-state index in [-0.39, 0.29) is 56.6 Å². The standard InChI is InChI=1S/C74H111N17O21/c1-9-40(6)61(71(109)79-36-57(98)81-49(20-14-16-30-76)64(102)82-48(63(78)101)19-13-15-29-75)90-69(107)53(34-56(77)97)86-72(110)59(38(2)3)88-68(106)52(31-43-17-11-10-12-18-43)84-65(103)51(33-45-23-27-47(96)28-24-45)85-73(111)60(39(4)5)89-74(112)62(41(7)93)91-70(108)55(37-92)87-66(104)50(32-44-21-25-46(95)26-22-44)83-67(105)54(35-58(99)100)80-42(8)94/h10-12,17-18,21-28,38-41,48-55,59-62,92-93,95-96H,9,13-16,19-20,29-37,75-76H2,1-8H3,(H2,77,97)(H2,78,101)(H,79,109)(H,80,94)(H,81,98)(H,82,102)(H,83,105)(H,84,103)(H,85,111)(H,86,110)(H,87,104)(H,88,106)(H,89,112)(H,90,107)(H,91,108)(H,99,100)/t40-,41+,48-,49-,50-,51-,52-,53-,54-,55-,59-,60-,61-,62-/m0/s1. The zero-order chi connectivity index (χ0) is 84.1. The summed E-state index contributed by atoms with van der Waals surface area (Å²) in [6, 6.07) is -0.141. The largest absolute Gasteiger partial charge is 0.508 e. The van der Waals surface area contributed by atoms with Crippen LogP contribution in [0.15, 0.2) is 78.9 Å². The lowest BCUT2D eigenvalue weighted by Crippen LogP contribution is -2.63. The van der Waals surface area contributed by atoms with E-state index in [1.165, 1.54) is 76.2 Å². The normalized spacial score (nSPS) is 14.9. The summed E-state index contributed by atoms with van der Waals surface area (Å²) in [5, 5.41) is 82.8. The van der Waals surface area contributed by atoms with Crippen molar-refractivity contribution in [3.05, 3.63) is 95.6 Å². The van der Waals surface area contributed by atoms with E-state index in [2.05, 4.69) is 69.1 Å². The number of carbonyl (C=O) groups excluding carboxylic acids is 15. The molecule has 3 aromatic carbocycles. The molecule has 26 N–H and O–H groups in total. The predicted molar refractivity (Wildman–Crippen MR) is 405 cm³/mol. The number of aromatic hydroxyl groups is 2. The van der Waals surface area contributed by atoms with Crippen LogP contribution >= 0.6 is 0 Å². The lowest BCUT2D eigenvalue weighted by atomic mass is 9.97. The number of aliphatic carboxylic acids is 1. The van der Waals surface area contributed by atoms with E-state index in [1.54, 1.807) is 44.2 Å². The Morgan fingerprint density at radius 2 is 0.768 bits per heavy atom. The molecule has 3 aromatic rings. The van der Waals surface area contributed by atoms with Gasteiger partial charge in [-0.15, -0.1) is 0 Å². The number of benzene rings is 3. The number of aliphatic hydroxyl groups is 2. The molecule has 0 radical (unpaired) electrons. The second-order valence-corrected chi connectivity index (χ2v) is 27.9. The van der Waals surface area contributed by atoms with Gasteiger partial charge in [0.15, 0.2) is 0 Å². The minimum atomic E-state index is -1.95. The lowest BCUT2D eigenvalue weighted by Gasteiger charge is -2.30. The minimum Gasteiger partial charge on any atom is -0.508 e. The fraction of sp³-hybridized carbons (Fsp3) is 0.541. The van der Waals surface area contributed by atoms with E-state index < -0.39 is 217 Å². The molecule has 0 heterocycles. The van der Waals surface area contributed by atoms with Crippen LogP contribution in [-0.2, 0) is 96.0 Å². The first kappa shape index (κ1) is 94.8. The maximum atomic E-state index is 14.9. The maximum Gasteiger partial charge on any atom is 0.305 e. The van der Waals surface area contributed by atoms with Crippen LogP contribution in [0.2, 0.25) is 0 Å². The number of phenolic OH excluding ortho intramolecular Hbond substituents is 2. The van der Waals surface area contributed by atoms with Gasteiger partial charge in [-0.1, -0.05) is 103 Å². The van der Waals surface area contributed by atoms with Gasteiger partial charge in [-0.05, 0) is 117 Å². The van der Waals surface area contributed by atoms with Crippen molar-refractivity contribution < 1.29 is 102 Å². The number of hydrogen-bond donors (Lipinski definition) is 22. The zero-order valence-corrected chi connectivity index (χ0v) is 64.1. The number of nitrogens with two attached hydrogens (primary N) is 4. The van der Waals surface area contributed by atoms with Crippen LogP contribution in [0, 0.1) is 17.8 Å². The van der Waals surface area contributed by atoms with Crippen LogP contribution in [0.5, 0.6) is 11.5 Å². The summed E-state index contributed by atoms with van der Waals surface area (Å²) < 4.78 is 0. The Labute approximate surface area is 648 Å². The molecule has 0 unspecified atom stereocenters. The molecule has 0 aromatic heterocycles. The molecule has 0 aliphatic carbocycles. The number of unbranched alkanes of at least 4 members (excludes halogenated alkanes) is 2. The second kappa shape index (κ2) is 48.3. The van der Waals surface area contributed by atoms with Gasteiger partial charge in [-0.3, -0.25) is 76.7 Å². The summed E-state index contributed by atoms with van der Waals surface area (Å²) in [5.74, 6) is -19.2. The second-order valence-electron chi connectivity index (χ2n) is 27.9. The summed E-state index contributed by atoms with van der Waals surface area (Å²) in [6.45, 7) is 10.2. The van der Waals surface area contributed by atoms with Gasteiger partial charge in [-0.25, -0.2) is 0 Å². The topological polar surface area (TPSA) is 635 Å². The number of phenols is 2. The van der Waals surface area contributed by atoms with Crippen LogP contribution in [0.1, 0.15) is 130 Å². The monoisotopic (exact) mass is 1570 g/mol. The van der Waals surface area contributed by atoms with E-state index in [0.29, 0.717) is 48.9 Å². The van der Waals surface area contributed by atoms with E-state index in [4.69, 9.17) is 22.9 Å². The SMILES string of the molecule is CC[C@H](C)[C@H](NC(=O)[C@H](CC(N)=O)NC(=O)[C@@H](NC(=O)[C@H](Cc1ccccc1)NC(=O)[C@H](Cc1ccc(O)cc1)NC(=O)[C@@H](NC(=O)[C@@H](NC(=O)[C@H](CO)NC(=O)[C@H](Cc1ccc(O)cc1)NC(=O)[C@H](CC(=O)O)NC(C)=O)[C@@H](C)O)C(C)C)C(C)C)C(=O)NCC(=O)N[C@@H](CCCCN)C(=O)N[C@@H](CCCCN)C(N)=O. The summed E-state index contributed by atoms with van der Waals surface area (Å²) in [7, 11) is 0. The molecule has 38 heteroatoms. The molecular weight excluding hydrogens is 1460 g/mol. The van der Waals surface area contributed by atoms with Crippen molar-refractivity contribution in [2.45, 2.75) is 211 Å². The first-order chi connectivity index (χ1) is 52.8. The van der Waals surface area contributed by atoms with Crippen LogP contribution in [0.4, 0.5) is 0 Å². The highest BCUT2D eigenvalue weighted by Gasteiger charge is 2.40. The number of carboxylic acids is 1. The first-order valence-corrected chi connectivity index (χ1v) is 36.8. The molecular formula is C74H111N17O21.